The largest absolute Gasteiger partial charge is 0.465 e. The molecule has 4 nitrogen and oxygen atoms in total. The maximum Gasteiger partial charge on any atom is 0.339 e. The Morgan fingerprint density at radius 2 is 2.19 bits per heavy atom. The number of nitrogens with one attached hydrogen (secondary N) is 1. The third-order valence-corrected chi connectivity index (χ3v) is 2.68. The van der Waals surface area contributed by atoms with Gasteiger partial charge in [0.2, 0.25) is 5.91 Å². The van der Waals surface area contributed by atoms with Crippen LogP contribution in [0.2, 0.25) is 0 Å². The van der Waals surface area contributed by atoms with Crippen LogP contribution in [0.15, 0.2) is 22.7 Å². The minimum Gasteiger partial charge on any atom is -0.465 e. The van der Waals surface area contributed by atoms with Crippen LogP contribution in [0.4, 0.5) is 5.69 Å². The number of benzene rings is 1. The topological polar surface area (TPSA) is 55.4 Å². The fourth-order valence-electron chi connectivity index (χ4n) is 1.06. The highest BCUT2D eigenvalue weighted by atomic mass is 79.9. The number of amides is 1. The van der Waals surface area contributed by atoms with Crippen molar-refractivity contribution in [3.63, 3.8) is 0 Å². The van der Waals surface area contributed by atoms with E-state index in [1.807, 2.05) is 0 Å². The van der Waals surface area contributed by atoms with Crippen LogP contribution in [0.3, 0.4) is 0 Å². The Kier molecular flexibility index (Phi) is 4.76. The lowest BCUT2D eigenvalue weighted by Gasteiger charge is -2.06. The molecule has 0 atom stereocenters. The van der Waals surface area contributed by atoms with Gasteiger partial charge in [0.25, 0.3) is 0 Å². The number of ether oxygens (including phenoxy) is 1. The molecule has 0 aliphatic heterocycles. The quantitative estimate of drug-likeness (QED) is 0.689. The molecular weight excluding hydrogens is 297 g/mol. The summed E-state index contributed by atoms with van der Waals surface area (Å²) >= 11 is 8.56. The third-order valence-electron chi connectivity index (χ3n) is 1.78. The van der Waals surface area contributed by atoms with Crippen molar-refractivity contribution < 1.29 is 14.3 Å². The Labute approximate surface area is 106 Å². The van der Waals surface area contributed by atoms with E-state index in [2.05, 4.69) is 26.0 Å². The molecule has 0 unspecified atom stereocenters. The summed E-state index contributed by atoms with van der Waals surface area (Å²) in [5, 5.41) is 2.56. The zero-order valence-corrected chi connectivity index (χ0v) is 10.8. The maximum absolute atomic E-state index is 11.3. The number of carbonyl (C=O) groups excluding carboxylic acids is 2. The highest BCUT2D eigenvalue weighted by Crippen LogP contribution is 2.22. The van der Waals surface area contributed by atoms with Crippen molar-refractivity contribution in [3.05, 3.63) is 28.2 Å². The molecule has 0 bridgehead atoms. The summed E-state index contributed by atoms with van der Waals surface area (Å²) in [6, 6.07) is 4.76. The molecule has 1 rings (SSSR count). The lowest BCUT2D eigenvalue weighted by atomic mass is 10.2. The molecular formula is C10H9BrClNO3. The highest BCUT2D eigenvalue weighted by molar-refractivity contribution is 9.10. The van der Waals surface area contributed by atoms with Gasteiger partial charge in [-0.1, -0.05) is 0 Å². The summed E-state index contributed by atoms with van der Waals surface area (Å²) in [6.45, 7) is 0. The van der Waals surface area contributed by atoms with Crippen LogP contribution in [0, 0.1) is 0 Å². The van der Waals surface area contributed by atoms with Gasteiger partial charge in [0.05, 0.1) is 12.7 Å². The Morgan fingerprint density at radius 3 is 2.69 bits per heavy atom. The number of alkyl halides is 1. The molecule has 0 spiro atoms. The average Bonchev–Trinajstić information content (AvgIpc) is 2.28. The first-order valence-corrected chi connectivity index (χ1v) is 5.65. The van der Waals surface area contributed by atoms with E-state index in [9.17, 15) is 9.59 Å². The van der Waals surface area contributed by atoms with Crippen molar-refractivity contribution in [2.45, 2.75) is 0 Å². The van der Waals surface area contributed by atoms with Crippen molar-refractivity contribution in [3.8, 4) is 0 Å². The molecule has 0 saturated carbocycles. The monoisotopic (exact) mass is 305 g/mol. The zero-order valence-electron chi connectivity index (χ0n) is 8.42. The number of hydrogen-bond acceptors (Lipinski definition) is 3. The lowest BCUT2D eigenvalue weighted by Crippen LogP contribution is -2.13. The molecule has 1 N–H and O–H groups in total. The molecule has 16 heavy (non-hydrogen) atoms. The second kappa shape index (κ2) is 5.86. The highest BCUT2D eigenvalue weighted by Gasteiger charge is 2.11. The standard InChI is InChI=1S/C10H9BrClNO3/c1-16-10(15)7-3-2-6(4-8(7)11)13-9(14)5-12/h2-4H,5H2,1H3,(H,13,14). The first-order valence-electron chi connectivity index (χ1n) is 4.32. The van der Waals surface area contributed by atoms with E-state index < -0.39 is 5.97 Å². The second-order valence-corrected chi connectivity index (χ2v) is 3.99. The summed E-state index contributed by atoms with van der Waals surface area (Å²) in [7, 11) is 1.30. The third kappa shape index (κ3) is 3.21. The van der Waals surface area contributed by atoms with Gasteiger partial charge in [-0.2, -0.15) is 0 Å². The van der Waals surface area contributed by atoms with Gasteiger partial charge in [0.1, 0.15) is 5.88 Å². The Balaban J connectivity index is 2.91. The predicted octanol–water partition coefficient (Wildman–Crippen LogP) is 2.41. The average molecular weight is 307 g/mol. The van der Waals surface area contributed by atoms with Crippen molar-refractivity contribution >= 4 is 45.1 Å². The van der Waals surface area contributed by atoms with Crippen molar-refractivity contribution in [1.82, 2.24) is 0 Å². The Hall–Kier alpha value is -1.07. The number of carbonyl (C=O) groups is 2. The van der Waals surface area contributed by atoms with Crippen LogP contribution in [0.1, 0.15) is 10.4 Å². The van der Waals surface area contributed by atoms with Crippen LogP contribution in [-0.2, 0) is 9.53 Å². The number of halogens is 2. The first-order chi connectivity index (χ1) is 7.58. The predicted molar refractivity (Wildman–Crippen MR) is 64.8 cm³/mol. The number of methoxy groups -OCH3 is 1. The van der Waals surface area contributed by atoms with Gasteiger partial charge in [-0.05, 0) is 34.1 Å². The van der Waals surface area contributed by atoms with E-state index in [1.165, 1.54) is 7.11 Å². The summed E-state index contributed by atoms with van der Waals surface area (Å²) < 4.78 is 5.13. The molecule has 0 aromatic heterocycles. The molecule has 1 aromatic rings. The van der Waals surface area contributed by atoms with Crippen LogP contribution in [-0.4, -0.2) is 24.9 Å². The minimum absolute atomic E-state index is 0.115. The van der Waals surface area contributed by atoms with E-state index in [-0.39, 0.29) is 11.8 Å². The molecule has 6 heteroatoms. The van der Waals surface area contributed by atoms with E-state index >= 15 is 0 Å². The summed E-state index contributed by atoms with van der Waals surface area (Å²) in [5.41, 5.74) is 0.955. The maximum atomic E-state index is 11.3. The minimum atomic E-state index is -0.443. The van der Waals surface area contributed by atoms with Gasteiger partial charge in [-0.15, -0.1) is 11.6 Å². The van der Waals surface area contributed by atoms with Crippen LogP contribution in [0.25, 0.3) is 0 Å². The molecule has 1 amide bonds. The number of rotatable bonds is 3. The number of hydrogen-bond donors (Lipinski definition) is 1. The van der Waals surface area contributed by atoms with Crippen LogP contribution in [0.5, 0.6) is 0 Å². The molecule has 86 valence electrons. The molecule has 0 aliphatic rings. The Bertz CT molecular complexity index is 423. The fourth-order valence-corrected chi connectivity index (χ4v) is 1.67. The number of esters is 1. The molecule has 0 radical (unpaired) electrons. The smallest absolute Gasteiger partial charge is 0.339 e. The second-order valence-electron chi connectivity index (χ2n) is 2.87. The summed E-state index contributed by atoms with van der Waals surface area (Å²) in [6.07, 6.45) is 0. The van der Waals surface area contributed by atoms with Crippen molar-refractivity contribution in [2.24, 2.45) is 0 Å². The molecule has 1 aromatic carbocycles. The van der Waals surface area contributed by atoms with E-state index in [4.69, 9.17) is 11.6 Å². The van der Waals surface area contributed by atoms with Crippen molar-refractivity contribution in [1.29, 1.82) is 0 Å². The molecule has 0 saturated heterocycles. The van der Waals surface area contributed by atoms with Crippen LogP contribution < -0.4 is 5.32 Å². The SMILES string of the molecule is COC(=O)c1ccc(NC(=O)CCl)cc1Br. The van der Waals surface area contributed by atoms with Gasteiger partial charge in [-0.3, -0.25) is 4.79 Å². The van der Waals surface area contributed by atoms with Gasteiger partial charge < -0.3 is 10.1 Å². The summed E-state index contributed by atoms with van der Waals surface area (Å²) in [5.74, 6) is -0.863. The fraction of sp³-hybridized carbons (Fsp3) is 0.200. The van der Waals surface area contributed by atoms with Crippen molar-refractivity contribution in [2.75, 3.05) is 18.3 Å². The van der Waals surface area contributed by atoms with Gasteiger partial charge >= 0.3 is 5.97 Å². The molecule has 0 fully saturated rings. The van der Waals surface area contributed by atoms with Crippen LogP contribution >= 0.6 is 27.5 Å². The Morgan fingerprint density at radius 1 is 1.50 bits per heavy atom. The molecule has 0 aliphatic carbocycles. The number of anilines is 1. The first kappa shape index (κ1) is 13.0. The lowest BCUT2D eigenvalue weighted by molar-refractivity contribution is -0.113. The van der Waals surface area contributed by atoms with Gasteiger partial charge in [0, 0.05) is 10.2 Å². The van der Waals surface area contributed by atoms with E-state index in [1.54, 1.807) is 18.2 Å². The molecule has 0 heterocycles. The summed E-state index contributed by atoms with van der Waals surface area (Å²) in [4.78, 5) is 22.3. The zero-order chi connectivity index (χ0) is 12.1. The van der Waals surface area contributed by atoms with Gasteiger partial charge in [0.15, 0.2) is 0 Å². The normalized spacial score (nSPS) is 9.69. The van der Waals surface area contributed by atoms with E-state index in [0.717, 1.165) is 0 Å². The van der Waals surface area contributed by atoms with Gasteiger partial charge in [-0.25, -0.2) is 4.79 Å². The van der Waals surface area contributed by atoms with E-state index in [0.29, 0.717) is 15.7 Å².